The molecule has 0 aliphatic heterocycles. The molecule has 1 unspecified atom stereocenters. The molecule has 0 aliphatic rings. The second-order valence-corrected chi connectivity index (χ2v) is 7.84. The summed E-state index contributed by atoms with van der Waals surface area (Å²) in [5.41, 5.74) is 1.12. The summed E-state index contributed by atoms with van der Waals surface area (Å²) in [4.78, 5) is 24.3. The van der Waals surface area contributed by atoms with E-state index in [0.717, 1.165) is 4.90 Å². The van der Waals surface area contributed by atoms with Crippen molar-refractivity contribution >= 4 is 69.8 Å². The predicted molar refractivity (Wildman–Crippen MR) is 106 cm³/mol. The van der Waals surface area contributed by atoms with Gasteiger partial charge in [0.2, 0.25) is 11.8 Å². The Hall–Kier alpha value is -1.40. The maximum absolute atomic E-state index is 12.4. The first-order chi connectivity index (χ1) is 11.8. The van der Waals surface area contributed by atoms with Gasteiger partial charge in [-0.1, -0.05) is 34.8 Å². The van der Waals surface area contributed by atoms with Crippen LogP contribution < -0.4 is 10.6 Å². The third-order valence-electron chi connectivity index (χ3n) is 3.12. The maximum atomic E-state index is 12.4. The maximum Gasteiger partial charge on any atom is 0.237 e. The molecule has 1 atom stereocenters. The minimum absolute atomic E-state index is 0.133. The van der Waals surface area contributed by atoms with Crippen molar-refractivity contribution in [3.63, 3.8) is 0 Å². The van der Waals surface area contributed by atoms with Gasteiger partial charge >= 0.3 is 0 Å². The lowest BCUT2D eigenvalue weighted by atomic mass is 10.3. The molecule has 0 radical (unpaired) electrons. The number of hydrogen-bond acceptors (Lipinski definition) is 3. The number of thioether (sulfide) groups is 1. The molecule has 2 aromatic carbocycles. The van der Waals surface area contributed by atoms with E-state index in [0.29, 0.717) is 26.4 Å². The summed E-state index contributed by atoms with van der Waals surface area (Å²) in [7, 11) is 0. The summed E-state index contributed by atoms with van der Waals surface area (Å²) in [6.07, 6.45) is 0. The van der Waals surface area contributed by atoms with Gasteiger partial charge in [0.1, 0.15) is 0 Å². The molecule has 0 aromatic heterocycles. The number of halogens is 3. The highest BCUT2D eigenvalue weighted by Gasteiger charge is 2.17. The third-order valence-corrected chi connectivity index (χ3v) is 5.27. The monoisotopic (exact) mass is 416 g/mol. The van der Waals surface area contributed by atoms with Gasteiger partial charge in [-0.2, -0.15) is 0 Å². The highest BCUT2D eigenvalue weighted by atomic mass is 35.5. The predicted octanol–water partition coefficient (Wildman–Crippen LogP) is 5.72. The van der Waals surface area contributed by atoms with E-state index in [9.17, 15) is 9.59 Å². The van der Waals surface area contributed by atoms with Crippen LogP contribution in [0.4, 0.5) is 11.4 Å². The number of benzene rings is 2. The van der Waals surface area contributed by atoms with E-state index in [2.05, 4.69) is 10.6 Å². The fraction of sp³-hybridized carbons (Fsp3) is 0.176. The highest BCUT2D eigenvalue weighted by Crippen LogP contribution is 2.33. The Morgan fingerprint density at radius 2 is 1.56 bits per heavy atom. The van der Waals surface area contributed by atoms with Crippen molar-refractivity contribution in [2.45, 2.75) is 24.0 Å². The molecule has 0 aliphatic carbocycles. The molecule has 0 spiro atoms. The van der Waals surface area contributed by atoms with Crippen molar-refractivity contribution in [2.75, 3.05) is 10.6 Å². The second kappa shape index (κ2) is 8.81. The van der Waals surface area contributed by atoms with Gasteiger partial charge < -0.3 is 10.6 Å². The molecule has 2 N–H and O–H groups in total. The SMILES string of the molecule is CC(=O)Nc1ccc(SC(C)C(=O)Nc2cc(Cl)c(Cl)cc2Cl)cc1. The van der Waals surface area contributed by atoms with E-state index in [1.54, 1.807) is 19.1 Å². The van der Waals surface area contributed by atoms with Gasteiger partial charge in [0.05, 0.1) is 26.0 Å². The summed E-state index contributed by atoms with van der Waals surface area (Å²) >= 11 is 19.3. The fourth-order valence-corrected chi connectivity index (χ4v) is 3.39. The molecule has 0 bridgehead atoms. The van der Waals surface area contributed by atoms with Gasteiger partial charge in [-0.25, -0.2) is 0 Å². The lowest BCUT2D eigenvalue weighted by molar-refractivity contribution is -0.115. The Kier molecular flexibility index (Phi) is 7.02. The van der Waals surface area contributed by atoms with Gasteiger partial charge in [-0.15, -0.1) is 11.8 Å². The highest BCUT2D eigenvalue weighted by molar-refractivity contribution is 8.00. The van der Waals surface area contributed by atoms with Crippen LogP contribution in [0.2, 0.25) is 15.1 Å². The number of hydrogen-bond donors (Lipinski definition) is 2. The van der Waals surface area contributed by atoms with Gasteiger partial charge in [0.15, 0.2) is 0 Å². The van der Waals surface area contributed by atoms with E-state index in [1.165, 1.54) is 30.8 Å². The van der Waals surface area contributed by atoms with E-state index in [4.69, 9.17) is 34.8 Å². The van der Waals surface area contributed by atoms with Crippen LogP contribution in [0.25, 0.3) is 0 Å². The third kappa shape index (κ3) is 5.82. The van der Waals surface area contributed by atoms with Gasteiger partial charge in [0, 0.05) is 17.5 Å². The minimum Gasteiger partial charge on any atom is -0.326 e. The smallest absolute Gasteiger partial charge is 0.237 e. The van der Waals surface area contributed by atoms with Crippen LogP contribution in [-0.2, 0) is 9.59 Å². The Balaban J connectivity index is 2.00. The molecule has 0 fully saturated rings. The molecule has 132 valence electrons. The molecule has 8 heteroatoms. The van der Waals surface area contributed by atoms with Crippen LogP contribution in [0.3, 0.4) is 0 Å². The first-order valence-corrected chi connectivity index (χ1v) is 9.27. The molecule has 2 aromatic rings. The van der Waals surface area contributed by atoms with Crippen molar-refractivity contribution in [1.29, 1.82) is 0 Å². The zero-order valence-electron chi connectivity index (χ0n) is 13.4. The number of anilines is 2. The molecule has 0 saturated heterocycles. The molecule has 25 heavy (non-hydrogen) atoms. The fourth-order valence-electron chi connectivity index (χ4n) is 1.93. The normalized spacial score (nSPS) is 11.7. The van der Waals surface area contributed by atoms with Crippen molar-refractivity contribution in [3.05, 3.63) is 51.5 Å². The second-order valence-electron chi connectivity index (χ2n) is 5.20. The Bertz CT molecular complexity index is 797. The number of rotatable bonds is 5. The Morgan fingerprint density at radius 1 is 0.960 bits per heavy atom. The molecule has 0 saturated carbocycles. The minimum atomic E-state index is -0.364. The van der Waals surface area contributed by atoms with Crippen molar-refractivity contribution in [3.8, 4) is 0 Å². The molecule has 4 nitrogen and oxygen atoms in total. The van der Waals surface area contributed by atoms with Crippen LogP contribution in [0.5, 0.6) is 0 Å². The van der Waals surface area contributed by atoms with E-state index in [-0.39, 0.29) is 17.1 Å². The number of amides is 2. The lowest BCUT2D eigenvalue weighted by Crippen LogP contribution is -2.22. The van der Waals surface area contributed by atoms with Crippen LogP contribution in [-0.4, -0.2) is 17.1 Å². The molecular weight excluding hydrogens is 403 g/mol. The van der Waals surface area contributed by atoms with Gasteiger partial charge in [-0.3, -0.25) is 9.59 Å². The van der Waals surface area contributed by atoms with Crippen molar-refractivity contribution < 1.29 is 9.59 Å². The summed E-state index contributed by atoms with van der Waals surface area (Å²) < 4.78 is 0. The molecule has 2 rings (SSSR count). The number of nitrogens with one attached hydrogen (secondary N) is 2. The standard InChI is InChI=1S/C17H15Cl3N2O2S/c1-9(25-12-5-3-11(4-6-12)21-10(2)23)17(24)22-16-8-14(19)13(18)7-15(16)20/h3-9H,1-2H3,(H,21,23)(H,22,24). The number of carbonyl (C=O) groups is 2. The van der Waals surface area contributed by atoms with E-state index >= 15 is 0 Å². The van der Waals surface area contributed by atoms with Crippen LogP contribution in [0, 0.1) is 0 Å². The zero-order chi connectivity index (χ0) is 18.6. The van der Waals surface area contributed by atoms with E-state index < -0.39 is 0 Å². The quantitative estimate of drug-likeness (QED) is 0.483. The average molecular weight is 418 g/mol. The summed E-state index contributed by atoms with van der Waals surface area (Å²) in [6, 6.07) is 10.2. The largest absolute Gasteiger partial charge is 0.326 e. The number of carbonyl (C=O) groups excluding carboxylic acids is 2. The molecular formula is C17H15Cl3N2O2S. The van der Waals surface area contributed by atoms with Crippen molar-refractivity contribution in [1.82, 2.24) is 0 Å². The van der Waals surface area contributed by atoms with Crippen LogP contribution in [0.15, 0.2) is 41.3 Å². The lowest BCUT2D eigenvalue weighted by Gasteiger charge is -2.14. The summed E-state index contributed by atoms with van der Waals surface area (Å²) in [5.74, 6) is -0.345. The zero-order valence-corrected chi connectivity index (χ0v) is 16.5. The Labute approximate surface area is 165 Å². The van der Waals surface area contributed by atoms with E-state index in [1.807, 2.05) is 12.1 Å². The molecule has 0 heterocycles. The van der Waals surface area contributed by atoms with Gasteiger partial charge in [0.25, 0.3) is 0 Å². The molecule has 2 amide bonds. The Morgan fingerprint density at radius 3 is 2.16 bits per heavy atom. The van der Waals surface area contributed by atoms with Crippen molar-refractivity contribution in [2.24, 2.45) is 0 Å². The first-order valence-electron chi connectivity index (χ1n) is 7.26. The topological polar surface area (TPSA) is 58.2 Å². The average Bonchev–Trinajstić information content (AvgIpc) is 2.53. The van der Waals surface area contributed by atoms with Gasteiger partial charge in [-0.05, 0) is 43.3 Å². The first kappa shape index (κ1) is 19.9. The summed E-state index contributed by atoms with van der Waals surface area (Å²) in [5, 5.41) is 6.03. The van der Waals surface area contributed by atoms with Crippen LogP contribution in [0.1, 0.15) is 13.8 Å². The van der Waals surface area contributed by atoms with Crippen LogP contribution >= 0.6 is 46.6 Å². The summed E-state index contributed by atoms with van der Waals surface area (Å²) in [6.45, 7) is 3.23.